The summed E-state index contributed by atoms with van der Waals surface area (Å²) in [6.45, 7) is 7.51. The lowest BCUT2D eigenvalue weighted by atomic mass is 9.98. The number of aryl methyl sites for hydroxylation is 2. The van der Waals surface area contributed by atoms with Gasteiger partial charge in [-0.05, 0) is 59.9 Å². The number of nitrogens with one attached hydrogen (secondary N) is 1. The van der Waals surface area contributed by atoms with Gasteiger partial charge in [-0.3, -0.25) is 0 Å². The summed E-state index contributed by atoms with van der Waals surface area (Å²) in [6.07, 6.45) is 1.05. The Kier molecular flexibility index (Phi) is 5.20. The minimum Gasteiger partial charge on any atom is -0.309 e. The van der Waals surface area contributed by atoms with Gasteiger partial charge >= 0.3 is 0 Å². The first-order chi connectivity index (χ1) is 9.10. The minimum atomic E-state index is 0.404. The SMILES string of the molecule is CCNC(Cc1cc(C)ccc1C)c1cc(Br)cs1. The summed E-state index contributed by atoms with van der Waals surface area (Å²) in [4.78, 5) is 1.40. The number of halogens is 1. The molecule has 1 aromatic heterocycles. The van der Waals surface area contributed by atoms with E-state index in [0.29, 0.717) is 6.04 Å². The lowest BCUT2D eigenvalue weighted by molar-refractivity contribution is 0.557. The predicted molar refractivity (Wildman–Crippen MR) is 88.1 cm³/mol. The Morgan fingerprint density at radius 3 is 2.68 bits per heavy atom. The van der Waals surface area contributed by atoms with Gasteiger partial charge in [-0.1, -0.05) is 30.7 Å². The Bertz CT molecular complexity index is 547. The van der Waals surface area contributed by atoms with Crippen LogP contribution in [0.25, 0.3) is 0 Å². The van der Waals surface area contributed by atoms with Crippen LogP contribution in [0.2, 0.25) is 0 Å². The molecule has 1 N–H and O–H groups in total. The van der Waals surface area contributed by atoms with Crippen molar-refractivity contribution >= 4 is 27.3 Å². The van der Waals surface area contributed by atoms with E-state index in [1.165, 1.54) is 26.0 Å². The van der Waals surface area contributed by atoms with Crippen LogP contribution in [0.5, 0.6) is 0 Å². The summed E-state index contributed by atoms with van der Waals surface area (Å²) in [5, 5.41) is 5.75. The molecule has 0 fully saturated rings. The van der Waals surface area contributed by atoms with Crippen LogP contribution in [0.4, 0.5) is 0 Å². The Labute approximate surface area is 128 Å². The first-order valence-electron chi connectivity index (χ1n) is 6.63. The van der Waals surface area contributed by atoms with E-state index in [0.717, 1.165) is 13.0 Å². The highest BCUT2D eigenvalue weighted by atomic mass is 79.9. The van der Waals surface area contributed by atoms with Gasteiger partial charge in [0, 0.05) is 20.8 Å². The van der Waals surface area contributed by atoms with E-state index in [1.54, 1.807) is 0 Å². The molecule has 19 heavy (non-hydrogen) atoms. The van der Waals surface area contributed by atoms with Crippen molar-refractivity contribution < 1.29 is 0 Å². The fraction of sp³-hybridized carbons (Fsp3) is 0.375. The molecule has 0 amide bonds. The standard InChI is InChI=1S/C16H20BrNS/c1-4-18-15(16-9-14(17)10-19-16)8-13-7-11(2)5-6-12(13)3/h5-7,9-10,15,18H,4,8H2,1-3H3. The van der Waals surface area contributed by atoms with Crippen LogP contribution in [0.15, 0.2) is 34.1 Å². The molecule has 1 nitrogen and oxygen atoms in total. The number of rotatable bonds is 5. The monoisotopic (exact) mass is 337 g/mol. The first-order valence-corrected chi connectivity index (χ1v) is 8.31. The molecule has 0 aliphatic heterocycles. The molecule has 0 radical (unpaired) electrons. The molecule has 0 spiro atoms. The normalized spacial score (nSPS) is 12.6. The predicted octanol–water partition coefficient (Wildman–Crippen LogP) is 5.02. The molecule has 3 heteroatoms. The molecule has 2 aromatic rings. The third kappa shape index (κ3) is 3.91. The van der Waals surface area contributed by atoms with Crippen molar-refractivity contribution in [3.8, 4) is 0 Å². The van der Waals surface area contributed by atoms with Crippen LogP contribution in [0.3, 0.4) is 0 Å². The second-order valence-corrected chi connectivity index (χ2v) is 6.77. The molecular weight excluding hydrogens is 318 g/mol. The number of likely N-dealkylation sites (N-methyl/N-ethyl adjacent to an activating group) is 1. The average Bonchev–Trinajstić information content (AvgIpc) is 2.80. The fourth-order valence-electron chi connectivity index (χ4n) is 2.27. The Morgan fingerprint density at radius 2 is 2.05 bits per heavy atom. The summed E-state index contributed by atoms with van der Waals surface area (Å²) >= 11 is 5.36. The summed E-state index contributed by atoms with van der Waals surface area (Å²) < 4.78 is 1.18. The lowest BCUT2D eigenvalue weighted by Gasteiger charge is -2.18. The van der Waals surface area contributed by atoms with Crippen LogP contribution in [0.1, 0.15) is 34.5 Å². The van der Waals surface area contributed by atoms with Crippen LogP contribution < -0.4 is 5.32 Å². The van der Waals surface area contributed by atoms with E-state index in [9.17, 15) is 0 Å². The Morgan fingerprint density at radius 1 is 1.26 bits per heavy atom. The Balaban J connectivity index is 2.23. The highest BCUT2D eigenvalue weighted by Crippen LogP contribution is 2.28. The van der Waals surface area contributed by atoms with Crippen molar-refractivity contribution in [2.45, 2.75) is 33.2 Å². The molecule has 1 unspecified atom stereocenters. The second kappa shape index (κ2) is 6.69. The maximum atomic E-state index is 3.60. The largest absolute Gasteiger partial charge is 0.309 e. The van der Waals surface area contributed by atoms with Gasteiger partial charge < -0.3 is 5.32 Å². The minimum absolute atomic E-state index is 0.404. The van der Waals surface area contributed by atoms with Gasteiger partial charge in [-0.2, -0.15) is 0 Å². The highest BCUT2D eigenvalue weighted by Gasteiger charge is 2.14. The van der Waals surface area contributed by atoms with Crippen LogP contribution in [-0.2, 0) is 6.42 Å². The topological polar surface area (TPSA) is 12.0 Å². The first kappa shape index (κ1) is 14.8. The molecule has 0 saturated carbocycles. The third-order valence-corrected chi connectivity index (χ3v) is 5.12. The summed E-state index contributed by atoms with van der Waals surface area (Å²) in [5.41, 5.74) is 4.16. The summed E-state index contributed by atoms with van der Waals surface area (Å²) in [6, 6.07) is 9.34. The van der Waals surface area contributed by atoms with Crippen LogP contribution in [-0.4, -0.2) is 6.54 Å². The van der Waals surface area contributed by atoms with Gasteiger partial charge in [0.15, 0.2) is 0 Å². The molecule has 1 heterocycles. The zero-order valence-corrected chi connectivity index (χ0v) is 14.1. The van der Waals surface area contributed by atoms with Gasteiger partial charge in [0.25, 0.3) is 0 Å². The lowest BCUT2D eigenvalue weighted by Crippen LogP contribution is -2.22. The molecule has 0 saturated heterocycles. The van der Waals surface area contributed by atoms with Crippen molar-refractivity contribution in [2.24, 2.45) is 0 Å². The van der Waals surface area contributed by atoms with Crippen LogP contribution in [0, 0.1) is 13.8 Å². The van der Waals surface area contributed by atoms with E-state index in [2.05, 4.69) is 71.7 Å². The van der Waals surface area contributed by atoms with Crippen molar-refractivity contribution in [1.82, 2.24) is 5.32 Å². The zero-order chi connectivity index (χ0) is 13.8. The van der Waals surface area contributed by atoms with E-state index < -0.39 is 0 Å². The smallest absolute Gasteiger partial charge is 0.0456 e. The van der Waals surface area contributed by atoms with Gasteiger partial charge in [0.05, 0.1) is 0 Å². The average molecular weight is 338 g/mol. The highest BCUT2D eigenvalue weighted by molar-refractivity contribution is 9.10. The van der Waals surface area contributed by atoms with Crippen molar-refractivity contribution in [1.29, 1.82) is 0 Å². The van der Waals surface area contributed by atoms with Gasteiger partial charge in [0.2, 0.25) is 0 Å². The molecule has 1 atom stereocenters. The van der Waals surface area contributed by atoms with Crippen LogP contribution >= 0.6 is 27.3 Å². The zero-order valence-electron chi connectivity index (χ0n) is 11.7. The molecule has 0 aliphatic carbocycles. The van der Waals surface area contributed by atoms with Gasteiger partial charge in [-0.25, -0.2) is 0 Å². The van der Waals surface area contributed by atoms with Crippen molar-refractivity contribution in [2.75, 3.05) is 6.54 Å². The van der Waals surface area contributed by atoms with E-state index >= 15 is 0 Å². The van der Waals surface area contributed by atoms with Crippen molar-refractivity contribution in [3.05, 3.63) is 55.7 Å². The van der Waals surface area contributed by atoms with Gasteiger partial charge in [0.1, 0.15) is 0 Å². The summed E-state index contributed by atoms with van der Waals surface area (Å²) in [7, 11) is 0. The number of benzene rings is 1. The second-order valence-electron chi connectivity index (χ2n) is 4.91. The molecule has 102 valence electrons. The number of thiophene rings is 1. The maximum absolute atomic E-state index is 3.60. The third-order valence-electron chi connectivity index (χ3n) is 3.31. The molecule has 0 bridgehead atoms. The number of hydrogen-bond donors (Lipinski definition) is 1. The van der Waals surface area contributed by atoms with Crippen molar-refractivity contribution in [3.63, 3.8) is 0 Å². The summed E-state index contributed by atoms with van der Waals surface area (Å²) in [5.74, 6) is 0. The van der Waals surface area contributed by atoms with E-state index in [4.69, 9.17) is 0 Å². The molecular formula is C16H20BrNS. The molecule has 0 aliphatic rings. The Hall–Kier alpha value is -0.640. The maximum Gasteiger partial charge on any atom is 0.0456 e. The quantitative estimate of drug-likeness (QED) is 0.807. The van der Waals surface area contributed by atoms with E-state index in [-0.39, 0.29) is 0 Å². The fourth-order valence-corrected chi connectivity index (χ4v) is 3.79. The van der Waals surface area contributed by atoms with Gasteiger partial charge in [-0.15, -0.1) is 11.3 Å². The molecule has 2 rings (SSSR count). The molecule has 1 aromatic carbocycles. The number of hydrogen-bond acceptors (Lipinski definition) is 2. The van der Waals surface area contributed by atoms with E-state index in [1.807, 2.05) is 11.3 Å².